The summed E-state index contributed by atoms with van der Waals surface area (Å²) in [4.78, 5) is 69.0. The molecular formula is C22H30N8O15P2. The van der Waals surface area contributed by atoms with E-state index in [0.29, 0.717) is 0 Å². The Bertz CT molecular complexity index is 1770. The molecule has 0 radical (unpaired) electrons. The van der Waals surface area contributed by atoms with Crippen LogP contribution in [0.15, 0.2) is 29.7 Å². The number of anilines is 2. The molecule has 2 fully saturated rings. The quantitative estimate of drug-likeness (QED) is 0.0768. The van der Waals surface area contributed by atoms with Gasteiger partial charge in [0, 0.05) is 12.6 Å². The molecule has 5 rings (SSSR count). The van der Waals surface area contributed by atoms with Crippen LogP contribution in [0.2, 0.25) is 0 Å². The first-order valence-electron chi connectivity index (χ1n) is 13.6. The second kappa shape index (κ2) is 13.6. The van der Waals surface area contributed by atoms with E-state index in [0.717, 1.165) is 17.1 Å². The lowest BCUT2D eigenvalue weighted by Gasteiger charge is -2.25. The fraction of sp³-hybridized carbons (Fsp3) is 0.545. The van der Waals surface area contributed by atoms with Gasteiger partial charge in [-0.05, 0) is 6.07 Å². The lowest BCUT2D eigenvalue weighted by atomic mass is 10.1. The fourth-order valence-corrected chi connectivity index (χ4v) is 6.18. The van der Waals surface area contributed by atoms with E-state index in [9.17, 15) is 33.8 Å². The van der Waals surface area contributed by atoms with Crippen LogP contribution in [-0.2, 0) is 41.7 Å². The number of carbonyl (C=O) groups is 1. The molecule has 23 nitrogen and oxygen atoms in total. The molecule has 0 bridgehead atoms. The van der Waals surface area contributed by atoms with Crippen molar-refractivity contribution < 1.29 is 66.6 Å². The molecule has 3 aromatic heterocycles. The fourth-order valence-electron chi connectivity index (χ4n) is 4.88. The number of hydrogen-bond acceptors (Lipinski definition) is 18. The van der Waals surface area contributed by atoms with Crippen molar-refractivity contribution in [2.45, 2.75) is 62.4 Å². The molecule has 1 unspecified atom stereocenters. The van der Waals surface area contributed by atoms with Crippen molar-refractivity contribution in [1.29, 1.82) is 0 Å². The number of imidazole rings is 1. The normalized spacial score (nSPS) is 29.2. The van der Waals surface area contributed by atoms with E-state index < -0.39 is 89.6 Å². The highest BCUT2D eigenvalue weighted by molar-refractivity contribution is 7.47. The standard InChI is InChI=1S/C22H30N8O15P2/c1-2-12(31)44-16-9(42-21(14(16)32)30-8-27-13-18(24)25-7-26-19(13)30)6-41-47(38,39)45-17-10(5-40-46(35,36)37)43-20(15(17)33)29-4-3-11(23)28-22(29)34/h3-4,7-10,14-17,20-21,32-33H,2,5-6H2,1H3,(H,38,39)(H2,23,28,34)(H2,24,25,26)(H2,35,36,37)/t9-,10-,14-,15-,16-,17-,20-,21-/m1/s1. The maximum absolute atomic E-state index is 13.1. The number of aliphatic hydroxyl groups is 2. The van der Waals surface area contributed by atoms with Gasteiger partial charge in [-0.15, -0.1) is 0 Å². The van der Waals surface area contributed by atoms with Crippen LogP contribution in [0.25, 0.3) is 11.2 Å². The van der Waals surface area contributed by atoms with Crippen LogP contribution in [0.3, 0.4) is 0 Å². The lowest BCUT2D eigenvalue weighted by Crippen LogP contribution is -2.39. The second-order valence-corrected chi connectivity index (χ2v) is 12.8. The average molecular weight is 708 g/mol. The largest absolute Gasteiger partial charge is 0.472 e. The summed E-state index contributed by atoms with van der Waals surface area (Å²) >= 11 is 0. The lowest BCUT2D eigenvalue weighted by molar-refractivity contribution is -0.156. The zero-order valence-electron chi connectivity index (χ0n) is 24.1. The van der Waals surface area contributed by atoms with Crippen molar-refractivity contribution >= 4 is 44.4 Å². The summed E-state index contributed by atoms with van der Waals surface area (Å²) in [5, 5.41) is 22.0. The third-order valence-corrected chi connectivity index (χ3v) is 8.50. The first kappa shape index (κ1) is 34.9. The van der Waals surface area contributed by atoms with E-state index in [4.69, 9.17) is 44.5 Å². The van der Waals surface area contributed by atoms with E-state index in [1.54, 1.807) is 0 Å². The predicted octanol–water partition coefficient (Wildman–Crippen LogP) is -2.30. The number of aliphatic hydroxyl groups excluding tert-OH is 2. The monoisotopic (exact) mass is 708 g/mol. The minimum absolute atomic E-state index is 0.0378. The van der Waals surface area contributed by atoms with Gasteiger partial charge in [-0.25, -0.2) is 28.9 Å². The predicted molar refractivity (Wildman–Crippen MR) is 151 cm³/mol. The van der Waals surface area contributed by atoms with Gasteiger partial charge in [0.25, 0.3) is 0 Å². The Morgan fingerprint density at radius 1 is 0.979 bits per heavy atom. The number of esters is 1. The Morgan fingerprint density at radius 3 is 2.28 bits per heavy atom. The Hall–Kier alpha value is -3.44. The number of rotatable bonds is 12. The van der Waals surface area contributed by atoms with E-state index in [-0.39, 0.29) is 29.2 Å². The van der Waals surface area contributed by atoms with Crippen LogP contribution in [-0.4, -0.2) is 110 Å². The number of fused-ring (bicyclic) bond motifs is 1. The summed E-state index contributed by atoms with van der Waals surface area (Å²) < 4.78 is 57.9. The van der Waals surface area contributed by atoms with Gasteiger partial charge < -0.3 is 50.6 Å². The summed E-state index contributed by atoms with van der Waals surface area (Å²) in [7, 11) is -10.4. The molecule has 0 aromatic carbocycles. The van der Waals surface area contributed by atoms with Crippen LogP contribution in [0.4, 0.5) is 11.6 Å². The van der Waals surface area contributed by atoms with Gasteiger partial charge in [0.05, 0.1) is 19.5 Å². The molecular weight excluding hydrogens is 678 g/mol. The molecule has 0 amide bonds. The van der Waals surface area contributed by atoms with Crippen molar-refractivity contribution in [3.8, 4) is 0 Å². The molecule has 47 heavy (non-hydrogen) atoms. The second-order valence-electron chi connectivity index (χ2n) is 10.2. The number of aromatic nitrogens is 6. The first-order chi connectivity index (χ1) is 22.1. The Kier molecular flexibility index (Phi) is 10.1. The minimum Gasteiger partial charge on any atom is -0.457 e. The SMILES string of the molecule is CCC(=O)O[C@H]1[C@@H](O)[C@H](n2cnc3c(N)ncnc32)O[C@@H]1COP(=O)(O)O[C@H]1[C@@H](O)[C@H](n2ccc(N)nc2=O)O[C@@H]1COP(=O)(O)O. The van der Waals surface area contributed by atoms with Crippen molar-refractivity contribution in [3.05, 3.63) is 35.4 Å². The van der Waals surface area contributed by atoms with E-state index in [1.165, 1.54) is 23.9 Å². The topological polar surface area (TPSA) is 338 Å². The maximum Gasteiger partial charge on any atom is 0.472 e. The third-order valence-electron chi connectivity index (χ3n) is 7.03. The summed E-state index contributed by atoms with van der Waals surface area (Å²) in [5.41, 5.74) is 10.7. The smallest absolute Gasteiger partial charge is 0.457 e. The molecule has 3 aromatic rings. The van der Waals surface area contributed by atoms with Crippen LogP contribution >= 0.6 is 15.6 Å². The summed E-state index contributed by atoms with van der Waals surface area (Å²) in [6, 6.07) is 1.19. The zero-order valence-corrected chi connectivity index (χ0v) is 25.9. The van der Waals surface area contributed by atoms with E-state index in [1.807, 2.05) is 0 Å². The Labute approximate surface area is 262 Å². The minimum atomic E-state index is -5.25. The molecule has 25 heteroatoms. The molecule has 0 aliphatic carbocycles. The molecule has 2 aliphatic heterocycles. The molecule has 9 N–H and O–H groups in total. The van der Waals surface area contributed by atoms with Gasteiger partial charge in [-0.2, -0.15) is 4.98 Å². The third kappa shape index (κ3) is 7.67. The van der Waals surface area contributed by atoms with Gasteiger partial charge in [0.2, 0.25) is 0 Å². The Balaban J connectivity index is 1.34. The van der Waals surface area contributed by atoms with E-state index in [2.05, 4.69) is 24.5 Å². The summed E-state index contributed by atoms with van der Waals surface area (Å²) in [6.45, 7) is -0.318. The van der Waals surface area contributed by atoms with Crippen molar-refractivity contribution in [2.75, 3.05) is 24.7 Å². The van der Waals surface area contributed by atoms with Gasteiger partial charge in [-0.3, -0.25) is 27.5 Å². The highest BCUT2D eigenvalue weighted by Gasteiger charge is 2.52. The molecule has 9 atom stereocenters. The number of carbonyl (C=O) groups excluding carboxylic acids is 1. The summed E-state index contributed by atoms with van der Waals surface area (Å²) in [5.74, 6) is -0.869. The van der Waals surface area contributed by atoms with Crippen molar-refractivity contribution in [1.82, 2.24) is 29.1 Å². The van der Waals surface area contributed by atoms with Crippen molar-refractivity contribution in [2.24, 2.45) is 0 Å². The van der Waals surface area contributed by atoms with Crippen LogP contribution in [0.5, 0.6) is 0 Å². The molecule has 0 spiro atoms. The number of nitrogens with zero attached hydrogens (tertiary/aromatic N) is 6. The number of phosphoric ester groups is 2. The van der Waals surface area contributed by atoms with Gasteiger partial charge in [0.15, 0.2) is 30.0 Å². The van der Waals surface area contributed by atoms with Gasteiger partial charge >= 0.3 is 27.3 Å². The number of ether oxygens (including phenoxy) is 3. The molecule has 5 heterocycles. The van der Waals surface area contributed by atoms with Gasteiger partial charge in [0.1, 0.15) is 48.2 Å². The molecule has 2 aliphatic rings. The molecule has 2 saturated heterocycles. The highest BCUT2D eigenvalue weighted by atomic mass is 31.2. The molecule has 258 valence electrons. The number of phosphoric acid groups is 2. The van der Waals surface area contributed by atoms with Crippen LogP contribution in [0.1, 0.15) is 25.8 Å². The van der Waals surface area contributed by atoms with Crippen LogP contribution in [0, 0.1) is 0 Å². The number of nitrogens with two attached hydrogens (primary N) is 2. The van der Waals surface area contributed by atoms with Crippen LogP contribution < -0.4 is 17.2 Å². The molecule has 0 saturated carbocycles. The zero-order chi connectivity index (χ0) is 34.3. The highest BCUT2D eigenvalue weighted by Crippen LogP contribution is 2.50. The van der Waals surface area contributed by atoms with Gasteiger partial charge in [-0.1, -0.05) is 6.92 Å². The van der Waals surface area contributed by atoms with E-state index >= 15 is 0 Å². The summed E-state index contributed by atoms with van der Waals surface area (Å²) in [6.07, 6.45) is -9.41. The average Bonchev–Trinajstić information content (AvgIpc) is 3.65. The number of hydrogen-bond donors (Lipinski definition) is 7. The maximum atomic E-state index is 13.1. The Morgan fingerprint density at radius 2 is 1.62 bits per heavy atom. The first-order valence-corrected chi connectivity index (χ1v) is 16.6. The number of nitrogen functional groups attached to an aromatic ring is 2. The van der Waals surface area contributed by atoms with Crippen molar-refractivity contribution in [3.63, 3.8) is 0 Å².